The molecule has 0 bridgehead atoms. The Bertz CT molecular complexity index is 1580. The van der Waals surface area contributed by atoms with Crippen LogP contribution < -0.4 is 0 Å². The third kappa shape index (κ3) is 2.94. The van der Waals surface area contributed by atoms with Crippen molar-refractivity contribution in [3.8, 4) is 39.0 Å². The number of aromatic nitrogens is 6. The topological polar surface area (TPSA) is 103 Å². The number of imidazole rings is 1. The Kier molecular flexibility index (Phi) is 3.84. The number of aromatic hydroxyl groups is 1. The predicted molar refractivity (Wildman–Crippen MR) is 117 cm³/mol. The molecule has 0 aliphatic carbocycles. The second-order valence-corrected chi connectivity index (χ2v) is 8.04. The van der Waals surface area contributed by atoms with Gasteiger partial charge < -0.3 is 10.1 Å². The first-order valence-electron chi connectivity index (χ1n) is 9.39. The van der Waals surface area contributed by atoms with Gasteiger partial charge >= 0.3 is 0 Å². The van der Waals surface area contributed by atoms with Gasteiger partial charge in [-0.05, 0) is 42.0 Å². The second-order valence-electron chi connectivity index (χ2n) is 7.01. The highest BCUT2D eigenvalue weighted by Gasteiger charge is 2.17. The van der Waals surface area contributed by atoms with Crippen LogP contribution >= 0.6 is 11.3 Å². The standard InChI is InChI=1S/C22H13FN6OS/c23-18-4-3-17(31-18)21-20-16(5-6-25-21)26-22(27-20)19-14-8-11(1-2-15(14)28-29-19)12-7-13(30)10-24-9-12/h1-10,30H,(H,26,27)(H,28,29). The smallest absolute Gasteiger partial charge is 0.177 e. The fraction of sp³-hybridized carbons (Fsp3) is 0. The number of hydrogen-bond acceptors (Lipinski definition) is 6. The number of benzene rings is 1. The number of pyridine rings is 2. The first kappa shape index (κ1) is 17.7. The molecule has 0 unspecified atom stereocenters. The van der Waals surface area contributed by atoms with Crippen molar-refractivity contribution in [3.63, 3.8) is 0 Å². The van der Waals surface area contributed by atoms with Crippen LogP contribution in [0.1, 0.15) is 0 Å². The van der Waals surface area contributed by atoms with E-state index >= 15 is 0 Å². The molecule has 0 radical (unpaired) electrons. The van der Waals surface area contributed by atoms with Crippen LogP contribution in [0.3, 0.4) is 0 Å². The number of H-pyrrole nitrogens is 2. The molecule has 0 aliphatic heterocycles. The van der Waals surface area contributed by atoms with Gasteiger partial charge in [0, 0.05) is 23.3 Å². The number of nitrogens with one attached hydrogen (secondary N) is 2. The molecule has 7 nitrogen and oxygen atoms in total. The van der Waals surface area contributed by atoms with Gasteiger partial charge in [-0.3, -0.25) is 15.1 Å². The molecular formula is C22H13FN6OS. The van der Waals surface area contributed by atoms with Crippen molar-refractivity contribution in [2.75, 3.05) is 0 Å². The van der Waals surface area contributed by atoms with Gasteiger partial charge in [-0.2, -0.15) is 9.49 Å². The van der Waals surface area contributed by atoms with Gasteiger partial charge in [0.2, 0.25) is 0 Å². The number of fused-ring (bicyclic) bond motifs is 2. The predicted octanol–water partition coefficient (Wildman–Crippen LogP) is 5.14. The molecule has 5 aromatic heterocycles. The average molecular weight is 428 g/mol. The first-order valence-corrected chi connectivity index (χ1v) is 10.2. The summed E-state index contributed by atoms with van der Waals surface area (Å²) in [6.07, 6.45) is 4.76. The van der Waals surface area contributed by atoms with Crippen LogP contribution in [0.4, 0.5) is 4.39 Å². The van der Waals surface area contributed by atoms with Crippen LogP contribution in [0.2, 0.25) is 0 Å². The minimum absolute atomic E-state index is 0.104. The van der Waals surface area contributed by atoms with Gasteiger partial charge in [0.1, 0.15) is 22.7 Å². The highest BCUT2D eigenvalue weighted by atomic mass is 32.1. The third-order valence-electron chi connectivity index (χ3n) is 5.05. The molecule has 6 rings (SSSR count). The van der Waals surface area contributed by atoms with Crippen LogP contribution in [0, 0.1) is 5.13 Å². The normalized spacial score (nSPS) is 11.5. The van der Waals surface area contributed by atoms with E-state index in [2.05, 4.69) is 25.1 Å². The Morgan fingerprint density at radius 1 is 0.935 bits per heavy atom. The Morgan fingerprint density at radius 3 is 2.71 bits per heavy atom. The lowest BCUT2D eigenvalue weighted by Gasteiger charge is -2.02. The molecule has 150 valence electrons. The van der Waals surface area contributed by atoms with Gasteiger partial charge in [0.15, 0.2) is 11.0 Å². The van der Waals surface area contributed by atoms with Crippen molar-refractivity contribution in [2.24, 2.45) is 0 Å². The van der Waals surface area contributed by atoms with Crippen molar-refractivity contribution in [3.05, 3.63) is 66.2 Å². The van der Waals surface area contributed by atoms with E-state index in [0.29, 0.717) is 27.6 Å². The summed E-state index contributed by atoms with van der Waals surface area (Å²) in [6.45, 7) is 0. The molecule has 5 heterocycles. The molecule has 31 heavy (non-hydrogen) atoms. The fourth-order valence-corrected chi connectivity index (χ4v) is 4.36. The van der Waals surface area contributed by atoms with Gasteiger partial charge in [0.25, 0.3) is 0 Å². The van der Waals surface area contributed by atoms with E-state index in [1.54, 1.807) is 24.5 Å². The average Bonchev–Trinajstić information content (AvgIpc) is 3.50. The van der Waals surface area contributed by atoms with Crippen LogP contribution in [-0.4, -0.2) is 35.2 Å². The quantitative estimate of drug-likeness (QED) is 0.362. The zero-order chi connectivity index (χ0) is 20.9. The molecule has 0 spiro atoms. The first-order chi connectivity index (χ1) is 15.2. The van der Waals surface area contributed by atoms with Gasteiger partial charge in [-0.25, -0.2) is 4.98 Å². The number of halogens is 1. The molecule has 0 saturated carbocycles. The van der Waals surface area contributed by atoms with E-state index in [1.165, 1.54) is 12.3 Å². The number of nitrogens with zero attached hydrogens (tertiary/aromatic N) is 4. The van der Waals surface area contributed by atoms with Gasteiger partial charge in [-0.15, -0.1) is 11.3 Å². The van der Waals surface area contributed by atoms with E-state index < -0.39 is 0 Å². The summed E-state index contributed by atoms with van der Waals surface area (Å²) in [7, 11) is 0. The van der Waals surface area contributed by atoms with E-state index in [9.17, 15) is 9.50 Å². The zero-order valence-electron chi connectivity index (χ0n) is 15.8. The van der Waals surface area contributed by atoms with Crippen LogP contribution in [0.5, 0.6) is 5.75 Å². The number of aromatic amines is 2. The number of hydrogen-bond donors (Lipinski definition) is 3. The highest BCUT2D eigenvalue weighted by Crippen LogP contribution is 2.34. The summed E-state index contributed by atoms with van der Waals surface area (Å²) in [4.78, 5) is 17.2. The Hall–Kier alpha value is -4.11. The molecule has 0 aliphatic rings. The lowest BCUT2D eigenvalue weighted by atomic mass is 10.0. The monoisotopic (exact) mass is 428 g/mol. The zero-order valence-corrected chi connectivity index (χ0v) is 16.6. The molecule has 6 aromatic rings. The van der Waals surface area contributed by atoms with Crippen LogP contribution in [0.15, 0.2) is 61.1 Å². The number of thiophene rings is 1. The molecule has 0 amide bonds. The lowest BCUT2D eigenvalue weighted by molar-refractivity contribution is 0.473. The summed E-state index contributed by atoms with van der Waals surface area (Å²) in [5.41, 5.74) is 5.27. The maximum absolute atomic E-state index is 13.5. The van der Waals surface area contributed by atoms with Gasteiger partial charge in [0.05, 0.1) is 22.1 Å². The molecular weight excluding hydrogens is 415 g/mol. The van der Waals surface area contributed by atoms with Crippen molar-refractivity contribution >= 4 is 33.3 Å². The Morgan fingerprint density at radius 2 is 1.87 bits per heavy atom. The molecule has 0 saturated heterocycles. The van der Waals surface area contributed by atoms with E-state index in [4.69, 9.17) is 4.98 Å². The van der Waals surface area contributed by atoms with Gasteiger partial charge in [-0.1, -0.05) is 6.07 Å². The van der Waals surface area contributed by atoms with Crippen molar-refractivity contribution < 1.29 is 9.50 Å². The molecule has 9 heteroatoms. The molecule has 1 aromatic carbocycles. The van der Waals surface area contributed by atoms with Crippen molar-refractivity contribution in [1.29, 1.82) is 0 Å². The maximum atomic E-state index is 13.5. The second kappa shape index (κ2) is 6.71. The van der Waals surface area contributed by atoms with E-state index in [1.807, 2.05) is 24.3 Å². The third-order valence-corrected chi connectivity index (χ3v) is 5.93. The summed E-state index contributed by atoms with van der Waals surface area (Å²) < 4.78 is 13.5. The summed E-state index contributed by atoms with van der Waals surface area (Å²) in [5, 5.41) is 17.9. The summed E-state index contributed by atoms with van der Waals surface area (Å²) in [5.74, 6) is 0.686. The number of rotatable bonds is 3. The van der Waals surface area contributed by atoms with E-state index in [0.717, 1.165) is 38.9 Å². The SMILES string of the molecule is Oc1cncc(-c2ccc3[nH]nc(-c4nc5c(-c6ccc(F)s6)nccc5[nH]4)c3c2)c1. The minimum Gasteiger partial charge on any atom is -0.506 e. The molecule has 3 N–H and O–H groups in total. The summed E-state index contributed by atoms with van der Waals surface area (Å²) in [6, 6.07) is 12.5. The van der Waals surface area contributed by atoms with Crippen molar-refractivity contribution in [2.45, 2.75) is 0 Å². The van der Waals surface area contributed by atoms with E-state index in [-0.39, 0.29) is 10.9 Å². The highest BCUT2D eigenvalue weighted by molar-refractivity contribution is 7.13. The van der Waals surface area contributed by atoms with Crippen LogP contribution in [0.25, 0.3) is 55.2 Å². The maximum Gasteiger partial charge on any atom is 0.177 e. The lowest BCUT2D eigenvalue weighted by Crippen LogP contribution is -1.84. The minimum atomic E-state index is -0.267. The largest absolute Gasteiger partial charge is 0.506 e. The fourth-order valence-electron chi connectivity index (χ4n) is 3.63. The van der Waals surface area contributed by atoms with Crippen LogP contribution in [-0.2, 0) is 0 Å². The molecule has 0 fully saturated rings. The Balaban J connectivity index is 1.51. The molecule has 0 atom stereocenters. The van der Waals surface area contributed by atoms with Crippen molar-refractivity contribution in [1.82, 2.24) is 30.1 Å². The summed E-state index contributed by atoms with van der Waals surface area (Å²) >= 11 is 1.03. The Labute approximate surface area is 178 Å².